The molecule has 0 aliphatic carbocycles. The maximum atomic E-state index is 12.4. The summed E-state index contributed by atoms with van der Waals surface area (Å²) in [5, 5.41) is 6.65. The van der Waals surface area contributed by atoms with Crippen LogP contribution in [-0.2, 0) is 10.0 Å². The van der Waals surface area contributed by atoms with Gasteiger partial charge in [0.25, 0.3) is 0 Å². The van der Waals surface area contributed by atoms with E-state index >= 15 is 0 Å². The lowest BCUT2D eigenvalue weighted by molar-refractivity contribution is 0.320. The minimum absolute atomic E-state index is 0. The zero-order valence-electron chi connectivity index (χ0n) is 10.5. The number of aryl methyl sites for hydroxylation is 2. The molecule has 3 N–H and O–H groups in total. The van der Waals surface area contributed by atoms with Crippen LogP contribution in [0.3, 0.4) is 0 Å². The predicted octanol–water partition coefficient (Wildman–Crippen LogP) is 0.560. The smallest absolute Gasteiger partial charge is 0.246 e. The van der Waals surface area contributed by atoms with Crippen molar-refractivity contribution in [2.75, 3.05) is 13.1 Å². The van der Waals surface area contributed by atoms with Gasteiger partial charge in [-0.15, -0.1) is 12.4 Å². The first kappa shape index (κ1) is 15.4. The van der Waals surface area contributed by atoms with Crippen LogP contribution in [0, 0.1) is 13.8 Å². The molecule has 104 valence electrons. The van der Waals surface area contributed by atoms with E-state index in [9.17, 15) is 8.42 Å². The highest BCUT2D eigenvalue weighted by molar-refractivity contribution is 7.89. The number of halogens is 1. The molecular formula is C10H19ClN4O2S. The van der Waals surface area contributed by atoms with Crippen molar-refractivity contribution in [2.24, 2.45) is 5.73 Å². The Kier molecular flexibility index (Phi) is 4.77. The highest BCUT2D eigenvalue weighted by atomic mass is 35.5. The van der Waals surface area contributed by atoms with Crippen molar-refractivity contribution in [3.8, 4) is 0 Å². The summed E-state index contributed by atoms with van der Waals surface area (Å²) in [4.78, 5) is 0.313. The average Bonchev–Trinajstić information content (AvgIpc) is 2.59. The largest absolute Gasteiger partial charge is 0.328 e. The number of aromatic nitrogens is 2. The summed E-state index contributed by atoms with van der Waals surface area (Å²) in [7, 11) is -3.42. The lowest BCUT2D eigenvalue weighted by Gasteiger charge is -2.29. The Morgan fingerprint density at radius 2 is 1.89 bits per heavy atom. The number of rotatable bonds is 2. The molecule has 1 aromatic heterocycles. The maximum Gasteiger partial charge on any atom is 0.246 e. The first-order valence-corrected chi connectivity index (χ1v) is 7.14. The Hall–Kier alpha value is -0.630. The Morgan fingerprint density at radius 3 is 2.33 bits per heavy atom. The van der Waals surface area contributed by atoms with E-state index in [0.717, 1.165) is 12.8 Å². The van der Waals surface area contributed by atoms with Crippen molar-refractivity contribution in [2.45, 2.75) is 37.6 Å². The third kappa shape index (κ3) is 2.69. The zero-order chi connectivity index (χ0) is 12.6. The Labute approximate surface area is 113 Å². The first-order valence-electron chi connectivity index (χ1n) is 5.70. The van der Waals surface area contributed by atoms with Gasteiger partial charge in [0, 0.05) is 19.1 Å². The van der Waals surface area contributed by atoms with E-state index in [1.807, 2.05) is 0 Å². The van der Waals surface area contributed by atoms with Gasteiger partial charge < -0.3 is 5.73 Å². The van der Waals surface area contributed by atoms with Crippen molar-refractivity contribution in [3.63, 3.8) is 0 Å². The van der Waals surface area contributed by atoms with Gasteiger partial charge >= 0.3 is 0 Å². The standard InChI is InChI=1S/C10H18N4O2S.ClH/c1-7-10(8(2)13-12-7)17(15,16)14-5-3-9(11)4-6-14;/h9H,3-6,11H2,1-2H3,(H,12,13);1H. The molecule has 1 saturated heterocycles. The zero-order valence-corrected chi connectivity index (χ0v) is 12.1. The number of hydrogen-bond donors (Lipinski definition) is 2. The fraction of sp³-hybridized carbons (Fsp3) is 0.700. The molecule has 0 amide bonds. The molecule has 6 nitrogen and oxygen atoms in total. The summed E-state index contributed by atoms with van der Waals surface area (Å²) < 4.78 is 26.3. The van der Waals surface area contributed by atoms with Gasteiger partial charge in [-0.2, -0.15) is 9.40 Å². The van der Waals surface area contributed by atoms with E-state index in [-0.39, 0.29) is 18.4 Å². The van der Waals surface area contributed by atoms with Gasteiger partial charge in [-0.25, -0.2) is 8.42 Å². The van der Waals surface area contributed by atoms with Gasteiger partial charge in [0.2, 0.25) is 10.0 Å². The van der Waals surface area contributed by atoms with Gasteiger partial charge in [-0.05, 0) is 26.7 Å². The molecule has 0 aromatic carbocycles. The fourth-order valence-electron chi connectivity index (χ4n) is 2.17. The predicted molar refractivity (Wildman–Crippen MR) is 71.3 cm³/mol. The molecule has 2 rings (SSSR count). The Balaban J connectivity index is 0.00000162. The van der Waals surface area contributed by atoms with Gasteiger partial charge in [-0.3, -0.25) is 5.10 Å². The number of H-pyrrole nitrogens is 1. The second-order valence-corrected chi connectivity index (χ2v) is 6.38. The summed E-state index contributed by atoms with van der Waals surface area (Å²) in [6.07, 6.45) is 1.43. The van der Waals surface area contributed by atoms with Gasteiger partial charge in [0.05, 0.1) is 11.4 Å². The third-order valence-electron chi connectivity index (χ3n) is 3.16. The molecule has 1 fully saturated rings. The monoisotopic (exact) mass is 294 g/mol. The molecule has 1 aliphatic heterocycles. The molecule has 0 radical (unpaired) electrons. The van der Waals surface area contributed by atoms with Crippen LogP contribution in [0.15, 0.2) is 4.90 Å². The third-order valence-corrected chi connectivity index (χ3v) is 5.32. The number of sulfonamides is 1. The van der Waals surface area contributed by atoms with Crippen LogP contribution in [0.1, 0.15) is 24.2 Å². The van der Waals surface area contributed by atoms with Crippen molar-refractivity contribution < 1.29 is 8.42 Å². The van der Waals surface area contributed by atoms with E-state index < -0.39 is 10.0 Å². The number of nitrogens with one attached hydrogen (secondary N) is 1. The number of piperidine rings is 1. The van der Waals surface area contributed by atoms with Crippen LogP contribution in [0.25, 0.3) is 0 Å². The van der Waals surface area contributed by atoms with Crippen LogP contribution in [-0.4, -0.2) is 42.1 Å². The van der Waals surface area contributed by atoms with Gasteiger partial charge in [0.1, 0.15) is 4.90 Å². The Bertz CT molecular complexity index is 486. The Morgan fingerprint density at radius 1 is 1.33 bits per heavy atom. The number of nitrogens with zero attached hydrogens (tertiary/aromatic N) is 2. The highest BCUT2D eigenvalue weighted by Crippen LogP contribution is 2.24. The highest BCUT2D eigenvalue weighted by Gasteiger charge is 2.31. The van der Waals surface area contributed by atoms with Gasteiger partial charge in [-0.1, -0.05) is 0 Å². The lowest BCUT2D eigenvalue weighted by atomic mass is 10.1. The number of hydrogen-bond acceptors (Lipinski definition) is 4. The van der Waals surface area contributed by atoms with Crippen LogP contribution in [0.4, 0.5) is 0 Å². The summed E-state index contributed by atoms with van der Waals surface area (Å²) in [6, 6.07) is 0.119. The summed E-state index contributed by atoms with van der Waals surface area (Å²) in [6.45, 7) is 4.41. The van der Waals surface area contributed by atoms with E-state index in [1.165, 1.54) is 4.31 Å². The van der Waals surface area contributed by atoms with Crippen LogP contribution < -0.4 is 5.73 Å². The van der Waals surface area contributed by atoms with E-state index in [2.05, 4.69) is 10.2 Å². The molecule has 2 heterocycles. The molecule has 1 aromatic rings. The summed E-state index contributed by atoms with van der Waals surface area (Å²) in [5.74, 6) is 0. The second-order valence-electron chi connectivity index (χ2n) is 4.50. The van der Waals surface area contributed by atoms with Crippen LogP contribution in [0.5, 0.6) is 0 Å². The first-order chi connectivity index (χ1) is 7.93. The average molecular weight is 295 g/mol. The molecule has 0 saturated carbocycles. The molecule has 0 bridgehead atoms. The molecular weight excluding hydrogens is 276 g/mol. The quantitative estimate of drug-likeness (QED) is 0.833. The number of aromatic amines is 1. The fourth-order valence-corrected chi connectivity index (χ4v) is 3.97. The molecule has 8 heteroatoms. The van der Waals surface area contributed by atoms with Crippen LogP contribution in [0.2, 0.25) is 0 Å². The second kappa shape index (κ2) is 5.56. The summed E-state index contributed by atoms with van der Waals surface area (Å²) in [5.41, 5.74) is 6.90. The minimum Gasteiger partial charge on any atom is -0.328 e. The van der Waals surface area contributed by atoms with Crippen molar-refractivity contribution in [1.29, 1.82) is 0 Å². The van der Waals surface area contributed by atoms with Crippen molar-refractivity contribution in [1.82, 2.24) is 14.5 Å². The van der Waals surface area contributed by atoms with Gasteiger partial charge in [0.15, 0.2) is 0 Å². The SMILES string of the molecule is Cc1n[nH]c(C)c1S(=O)(=O)N1CCC(N)CC1.Cl. The lowest BCUT2D eigenvalue weighted by Crippen LogP contribution is -2.43. The maximum absolute atomic E-state index is 12.4. The summed E-state index contributed by atoms with van der Waals surface area (Å²) >= 11 is 0. The normalized spacial score (nSPS) is 18.6. The van der Waals surface area contributed by atoms with Crippen molar-refractivity contribution >= 4 is 22.4 Å². The topological polar surface area (TPSA) is 92.1 Å². The van der Waals surface area contributed by atoms with E-state index in [1.54, 1.807) is 13.8 Å². The molecule has 1 aliphatic rings. The molecule has 0 spiro atoms. The van der Waals surface area contributed by atoms with E-state index in [4.69, 9.17) is 5.73 Å². The molecule has 0 atom stereocenters. The van der Waals surface area contributed by atoms with Crippen LogP contribution >= 0.6 is 12.4 Å². The molecule has 0 unspecified atom stereocenters. The number of nitrogens with two attached hydrogens (primary N) is 1. The minimum atomic E-state index is -3.42. The molecule has 18 heavy (non-hydrogen) atoms. The van der Waals surface area contributed by atoms with Crippen molar-refractivity contribution in [3.05, 3.63) is 11.4 Å². The van der Waals surface area contributed by atoms with E-state index in [0.29, 0.717) is 29.4 Å².